The summed E-state index contributed by atoms with van der Waals surface area (Å²) in [4.78, 5) is 35.9. The Balaban J connectivity index is 1.43. The molecule has 12 nitrogen and oxygen atoms in total. The second-order valence-electron chi connectivity index (χ2n) is 10.3. The number of aryl methyl sites for hydroxylation is 1. The molecule has 0 radical (unpaired) electrons. The smallest absolute Gasteiger partial charge is 0.254 e. The fraction of sp³-hybridized carbons (Fsp3) is 0.276. The minimum Gasteiger partial charge on any atom is -0.390 e. The maximum atomic E-state index is 13.7. The predicted octanol–water partition coefficient (Wildman–Crippen LogP) is 3.78. The van der Waals surface area contributed by atoms with Gasteiger partial charge in [0.25, 0.3) is 5.56 Å². The van der Waals surface area contributed by atoms with Gasteiger partial charge in [0.1, 0.15) is 5.69 Å². The molecule has 214 valence electrons. The average Bonchev–Trinajstić information content (AvgIpc) is 3.61. The SMILES string of the molecule is CC1CCCC(n2cnc(-c3cc(Cl)ccc3-n3cc(CO)nn3)cc2=O)c2cc(ccn2)-c2c(cnn2C)NC1=O. The Hall–Kier alpha value is -4.68. The van der Waals surface area contributed by atoms with Gasteiger partial charge in [0, 0.05) is 41.4 Å². The molecule has 4 aromatic heterocycles. The molecule has 6 rings (SSSR count). The maximum absolute atomic E-state index is 13.7. The molecule has 0 aliphatic carbocycles. The van der Waals surface area contributed by atoms with E-state index in [-0.39, 0.29) is 24.0 Å². The number of benzene rings is 1. The lowest BCUT2D eigenvalue weighted by atomic mass is 9.97. The van der Waals surface area contributed by atoms with Crippen molar-refractivity contribution in [2.45, 2.75) is 38.8 Å². The summed E-state index contributed by atoms with van der Waals surface area (Å²) < 4.78 is 4.81. The number of nitrogens with one attached hydrogen (secondary N) is 1. The number of hydrogen-bond donors (Lipinski definition) is 2. The van der Waals surface area contributed by atoms with Crippen molar-refractivity contribution < 1.29 is 9.90 Å². The van der Waals surface area contributed by atoms with Crippen LogP contribution in [0.15, 0.2) is 66.1 Å². The summed E-state index contributed by atoms with van der Waals surface area (Å²) in [6, 6.07) is 10.0. The number of hydrogen-bond acceptors (Lipinski definition) is 8. The molecule has 0 spiro atoms. The molecule has 0 saturated carbocycles. The van der Waals surface area contributed by atoms with E-state index in [1.165, 1.54) is 17.1 Å². The Morgan fingerprint density at radius 3 is 2.76 bits per heavy atom. The van der Waals surface area contributed by atoms with Crippen molar-refractivity contribution in [2.24, 2.45) is 13.0 Å². The number of pyridine rings is 1. The first-order valence-corrected chi connectivity index (χ1v) is 13.9. The van der Waals surface area contributed by atoms with Crippen LogP contribution in [0.2, 0.25) is 5.02 Å². The van der Waals surface area contributed by atoms with Crippen LogP contribution in [0.4, 0.5) is 5.69 Å². The van der Waals surface area contributed by atoms with Crippen LogP contribution in [0.5, 0.6) is 0 Å². The number of carbonyl (C=O) groups is 1. The number of halogens is 1. The van der Waals surface area contributed by atoms with Crippen LogP contribution in [0.1, 0.15) is 43.6 Å². The molecule has 42 heavy (non-hydrogen) atoms. The monoisotopic (exact) mass is 585 g/mol. The molecule has 2 N–H and O–H groups in total. The number of anilines is 1. The maximum Gasteiger partial charge on any atom is 0.254 e. The van der Waals surface area contributed by atoms with Crippen LogP contribution in [0.25, 0.3) is 28.2 Å². The van der Waals surface area contributed by atoms with Gasteiger partial charge >= 0.3 is 0 Å². The van der Waals surface area contributed by atoms with E-state index in [1.54, 1.807) is 46.0 Å². The second-order valence-corrected chi connectivity index (χ2v) is 10.8. The Bertz CT molecular complexity index is 1840. The Labute approximate surface area is 245 Å². The molecule has 5 heterocycles. The number of aliphatic hydroxyl groups is 1. The molecule has 2 unspecified atom stereocenters. The van der Waals surface area contributed by atoms with Crippen LogP contribution < -0.4 is 10.9 Å². The molecular weight excluding hydrogens is 558 g/mol. The van der Waals surface area contributed by atoms with E-state index in [2.05, 4.69) is 30.7 Å². The van der Waals surface area contributed by atoms with E-state index < -0.39 is 6.04 Å². The molecule has 0 fully saturated rings. The molecule has 1 amide bonds. The summed E-state index contributed by atoms with van der Waals surface area (Å²) in [5.74, 6) is -0.305. The fourth-order valence-electron chi connectivity index (χ4n) is 5.28. The zero-order chi connectivity index (χ0) is 29.4. The summed E-state index contributed by atoms with van der Waals surface area (Å²) in [7, 11) is 1.82. The largest absolute Gasteiger partial charge is 0.390 e. The summed E-state index contributed by atoms with van der Waals surface area (Å²) in [6.07, 6.45) is 8.39. The number of carbonyl (C=O) groups excluding carboxylic acids is 1. The van der Waals surface area contributed by atoms with Gasteiger partial charge < -0.3 is 10.4 Å². The lowest BCUT2D eigenvalue weighted by molar-refractivity contribution is -0.119. The molecule has 1 aromatic carbocycles. The van der Waals surface area contributed by atoms with E-state index >= 15 is 0 Å². The Morgan fingerprint density at radius 1 is 1.12 bits per heavy atom. The lowest BCUT2D eigenvalue weighted by Gasteiger charge is -2.22. The third-order valence-corrected chi connectivity index (χ3v) is 7.75. The third-order valence-electron chi connectivity index (χ3n) is 7.51. The van der Waals surface area contributed by atoms with Gasteiger partial charge in [0.15, 0.2) is 0 Å². The van der Waals surface area contributed by atoms with Crippen molar-refractivity contribution in [3.05, 3.63) is 88.1 Å². The first-order valence-electron chi connectivity index (χ1n) is 13.5. The van der Waals surface area contributed by atoms with E-state index in [4.69, 9.17) is 11.6 Å². The van der Waals surface area contributed by atoms with E-state index in [9.17, 15) is 14.7 Å². The number of amides is 1. The first kappa shape index (κ1) is 27.5. The van der Waals surface area contributed by atoms with Gasteiger partial charge in [-0.2, -0.15) is 5.10 Å². The van der Waals surface area contributed by atoms with Crippen molar-refractivity contribution in [3.63, 3.8) is 0 Å². The average molecular weight is 586 g/mol. The van der Waals surface area contributed by atoms with E-state index in [0.29, 0.717) is 58.3 Å². The number of aliphatic hydroxyl groups excluding tert-OH is 1. The van der Waals surface area contributed by atoms with Crippen molar-refractivity contribution in [3.8, 4) is 28.2 Å². The van der Waals surface area contributed by atoms with Crippen molar-refractivity contribution in [1.29, 1.82) is 0 Å². The molecule has 13 heteroatoms. The molecule has 1 aliphatic heterocycles. The summed E-state index contributed by atoms with van der Waals surface area (Å²) in [5, 5.41) is 25.3. The number of aromatic nitrogens is 8. The van der Waals surface area contributed by atoms with Gasteiger partial charge in [-0.05, 0) is 43.2 Å². The van der Waals surface area contributed by atoms with E-state index in [1.807, 2.05) is 26.1 Å². The highest BCUT2D eigenvalue weighted by Gasteiger charge is 2.24. The number of nitrogens with zero attached hydrogens (tertiary/aromatic N) is 8. The molecular formula is C29H28ClN9O3. The third kappa shape index (κ3) is 5.21. The van der Waals surface area contributed by atoms with Gasteiger partial charge in [0.05, 0.1) is 59.8 Å². The van der Waals surface area contributed by atoms with Crippen molar-refractivity contribution in [1.82, 2.24) is 39.3 Å². The molecule has 0 saturated heterocycles. The molecule has 5 aromatic rings. The highest BCUT2D eigenvalue weighted by molar-refractivity contribution is 6.31. The highest BCUT2D eigenvalue weighted by Crippen LogP contribution is 2.33. The molecule has 2 bridgehead atoms. The predicted molar refractivity (Wildman–Crippen MR) is 156 cm³/mol. The van der Waals surface area contributed by atoms with Gasteiger partial charge in [-0.15, -0.1) is 5.10 Å². The van der Waals surface area contributed by atoms with Crippen molar-refractivity contribution in [2.75, 3.05) is 5.32 Å². The quantitative estimate of drug-likeness (QED) is 0.324. The summed E-state index contributed by atoms with van der Waals surface area (Å²) >= 11 is 6.33. The normalized spacial score (nSPS) is 17.2. The zero-order valence-corrected chi connectivity index (χ0v) is 23.7. The van der Waals surface area contributed by atoms with Gasteiger partial charge in [-0.1, -0.05) is 30.2 Å². The van der Waals surface area contributed by atoms with Gasteiger partial charge in [-0.25, -0.2) is 9.67 Å². The summed E-state index contributed by atoms with van der Waals surface area (Å²) in [5.41, 5.74) is 4.66. The minimum atomic E-state index is -0.411. The highest BCUT2D eigenvalue weighted by atomic mass is 35.5. The Kier molecular flexibility index (Phi) is 7.40. The minimum absolute atomic E-state index is 0.0744. The lowest BCUT2D eigenvalue weighted by Crippen LogP contribution is -2.27. The number of fused-ring (bicyclic) bond motifs is 4. The van der Waals surface area contributed by atoms with Crippen LogP contribution in [-0.2, 0) is 18.4 Å². The standard InChI is InChI=1S/C29H28ClN9O3/c1-17-4-3-5-26(23-10-18(8-9-31-23)28-24(34-29(17)42)13-33-37(28)2)38-16-32-22(12-27(38)41)21-11-19(30)6-7-25(21)39-14-20(15-40)35-36-39/h6-14,16-17,26,40H,3-5,15H2,1-2H3,(H,34,42). The van der Waals surface area contributed by atoms with Gasteiger partial charge in [0.2, 0.25) is 5.91 Å². The Morgan fingerprint density at radius 2 is 1.98 bits per heavy atom. The molecule has 1 aliphatic rings. The number of rotatable bonds is 4. The topological polar surface area (TPSA) is 146 Å². The second kappa shape index (κ2) is 11.3. The van der Waals surface area contributed by atoms with E-state index in [0.717, 1.165) is 11.3 Å². The van der Waals surface area contributed by atoms with Crippen LogP contribution in [0, 0.1) is 5.92 Å². The van der Waals surface area contributed by atoms with Gasteiger partial charge in [-0.3, -0.25) is 23.8 Å². The summed E-state index contributed by atoms with van der Waals surface area (Å²) in [6.45, 7) is 1.65. The zero-order valence-electron chi connectivity index (χ0n) is 23.0. The van der Waals surface area contributed by atoms with Crippen LogP contribution in [0.3, 0.4) is 0 Å². The van der Waals surface area contributed by atoms with Crippen molar-refractivity contribution >= 4 is 23.2 Å². The van der Waals surface area contributed by atoms with Crippen LogP contribution >= 0.6 is 11.6 Å². The fourth-order valence-corrected chi connectivity index (χ4v) is 5.45. The molecule has 2 atom stereocenters. The van der Waals surface area contributed by atoms with Crippen LogP contribution in [-0.4, -0.2) is 50.3 Å². The first-order chi connectivity index (χ1) is 20.3.